The van der Waals surface area contributed by atoms with E-state index in [0.717, 1.165) is 87.0 Å². The first-order valence-corrected chi connectivity index (χ1v) is 25.0. The molecule has 0 radical (unpaired) electrons. The van der Waals surface area contributed by atoms with Crippen LogP contribution < -0.4 is 10.2 Å². The van der Waals surface area contributed by atoms with E-state index in [0.29, 0.717) is 13.5 Å². The number of nitrogens with zero attached hydrogens (tertiary/aromatic N) is 5. The second-order valence-electron chi connectivity index (χ2n) is 14.4. The van der Waals surface area contributed by atoms with Gasteiger partial charge in [0.25, 0.3) is 0 Å². The number of rotatable bonds is 11. The van der Waals surface area contributed by atoms with E-state index in [9.17, 15) is 0 Å². The highest BCUT2D eigenvalue weighted by atomic mass is 79.9. The van der Waals surface area contributed by atoms with Crippen LogP contribution in [0.3, 0.4) is 0 Å². The number of hydrogen-bond acceptors (Lipinski definition) is 8. The SMILES string of the molecule is C.C.C1COCCN1.C[Si](C)(C)CCOCn1ccc2cc(Br)cnc21.C[Si](C)(C)CCOCn1ccc2cc(N3CCOCC3)cnc21. The molecule has 6 rings (SSSR count). The summed E-state index contributed by atoms with van der Waals surface area (Å²) in [5.41, 5.74) is 3.15. The third kappa shape index (κ3) is 15.4. The first kappa shape index (κ1) is 43.1. The van der Waals surface area contributed by atoms with Crippen molar-refractivity contribution in [3.63, 3.8) is 0 Å². The molecule has 1 N–H and O–H groups in total. The van der Waals surface area contributed by atoms with Crippen LogP contribution in [0.5, 0.6) is 0 Å². The fourth-order valence-electron chi connectivity index (χ4n) is 4.92. The average Bonchev–Trinajstić information content (AvgIpc) is 3.65. The van der Waals surface area contributed by atoms with Crippen molar-refractivity contribution in [2.24, 2.45) is 0 Å². The summed E-state index contributed by atoms with van der Waals surface area (Å²) in [6.07, 6.45) is 7.88. The van der Waals surface area contributed by atoms with Crippen molar-refractivity contribution in [2.45, 2.75) is 79.7 Å². The average molecular weight is 780 g/mol. The first-order valence-electron chi connectivity index (χ1n) is 16.8. The van der Waals surface area contributed by atoms with Gasteiger partial charge >= 0.3 is 0 Å². The zero-order valence-corrected chi connectivity index (χ0v) is 32.9. The zero-order valence-electron chi connectivity index (χ0n) is 29.3. The van der Waals surface area contributed by atoms with Gasteiger partial charge in [0, 0.05) is 89.4 Å². The lowest BCUT2D eigenvalue weighted by Crippen LogP contribution is -2.36. The molecule has 2 fully saturated rings. The third-order valence-corrected chi connectivity index (χ3v) is 11.7. The summed E-state index contributed by atoms with van der Waals surface area (Å²) in [6, 6.07) is 10.9. The number of fused-ring (bicyclic) bond motifs is 2. The largest absolute Gasteiger partial charge is 0.379 e. The highest BCUT2D eigenvalue weighted by Gasteiger charge is 2.15. The van der Waals surface area contributed by atoms with E-state index in [4.69, 9.17) is 18.9 Å². The number of ether oxygens (including phenoxy) is 4. The molecule has 49 heavy (non-hydrogen) atoms. The van der Waals surface area contributed by atoms with Gasteiger partial charge in [-0.05, 0) is 52.3 Å². The standard InChI is InChI=1S/C17H27N3O2Si.C13H19BrN2OSi.C4H9NO.2CH4/c1-23(2,3)11-10-22-14-20-5-4-15-12-16(13-18-17(15)20)19-6-8-21-9-7-19;1-18(2,3)7-6-17-10-16-5-4-11-8-12(14)9-15-13(11)16;1-3-6-4-2-5-1;;/h4-5,12-13H,6-11,14H2,1-3H3;4-5,8-9H,6-7,10H2,1-3H3;5H,1-4H2;2*1H4. The van der Waals surface area contributed by atoms with Gasteiger partial charge in [-0.15, -0.1) is 0 Å². The Morgan fingerprint density at radius 1 is 0.735 bits per heavy atom. The highest BCUT2D eigenvalue weighted by molar-refractivity contribution is 9.10. The monoisotopic (exact) mass is 778 g/mol. The van der Waals surface area contributed by atoms with E-state index in [1.807, 2.05) is 23.2 Å². The van der Waals surface area contributed by atoms with Crippen LogP contribution in [0.15, 0.2) is 53.5 Å². The minimum absolute atomic E-state index is 0. The molecule has 2 aliphatic rings. The van der Waals surface area contributed by atoms with E-state index in [-0.39, 0.29) is 14.9 Å². The molecular formula is C36H63BrN6O4Si2. The summed E-state index contributed by atoms with van der Waals surface area (Å²) in [4.78, 5) is 11.4. The Kier molecular flexibility index (Phi) is 18.7. The molecule has 0 unspecified atom stereocenters. The van der Waals surface area contributed by atoms with Gasteiger partial charge in [-0.25, -0.2) is 9.97 Å². The fraction of sp³-hybridized carbons (Fsp3) is 0.611. The number of aromatic nitrogens is 4. The first-order chi connectivity index (χ1) is 22.5. The molecule has 276 valence electrons. The molecular weight excluding hydrogens is 717 g/mol. The maximum atomic E-state index is 5.84. The van der Waals surface area contributed by atoms with E-state index in [2.05, 4.69) is 110 Å². The summed E-state index contributed by atoms with van der Waals surface area (Å²) >= 11 is 3.43. The lowest BCUT2D eigenvalue weighted by Gasteiger charge is -2.28. The van der Waals surface area contributed by atoms with Gasteiger partial charge in [-0.3, -0.25) is 0 Å². The predicted molar refractivity (Wildman–Crippen MR) is 216 cm³/mol. The Bertz CT molecular complexity index is 1480. The Balaban J connectivity index is 0.000000286. The summed E-state index contributed by atoms with van der Waals surface area (Å²) in [6.45, 7) is 24.3. The van der Waals surface area contributed by atoms with Crippen molar-refractivity contribution >= 4 is 59.8 Å². The number of pyridine rings is 2. The Labute approximate surface area is 306 Å². The van der Waals surface area contributed by atoms with Crippen molar-refractivity contribution in [3.05, 3.63) is 53.5 Å². The lowest BCUT2D eigenvalue weighted by atomic mass is 10.3. The number of halogens is 1. The molecule has 2 aliphatic heterocycles. The fourth-order valence-corrected chi connectivity index (χ4v) is 6.78. The van der Waals surface area contributed by atoms with Crippen molar-refractivity contribution in [3.8, 4) is 0 Å². The summed E-state index contributed by atoms with van der Waals surface area (Å²) in [5, 5.41) is 5.47. The molecule has 10 nitrogen and oxygen atoms in total. The molecule has 0 saturated carbocycles. The second-order valence-corrected chi connectivity index (χ2v) is 26.6. The second kappa shape index (κ2) is 21.3. The number of hydrogen-bond donors (Lipinski definition) is 1. The summed E-state index contributed by atoms with van der Waals surface area (Å²) in [5.74, 6) is 0. The quantitative estimate of drug-likeness (QED) is 0.121. The minimum atomic E-state index is -1.03. The minimum Gasteiger partial charge on any atom is -0.379 e. The van der Waals surface area contributed by atoms with Crippen LogP contribution in [-0.4, -0.2) is 101 Å². The van der Waals surface area contributed by atoms with Gasteiger partial charge in [0.15, 0.2) is 0 Å². The molecule has 13 heteroatoms. The van der Waals surface area contributed by atoms with Crippen LogP contribution >= 0.6 is 15.9 Å². The van der Waals surface area contributed by atoms with Crippen LogP contribution in [0.2, 0.25) is 51.4 Å². The molecule has 6 heterocycles. The Morgan fingerprint density at radius 2 is 1.22 bits per heavy atom. The Morgan fingerprint density at radius 3 is 1.69 bits per heavy atom. The van der Waals surface area contributed by atoms with Gasteiger partial charge in [0.1, 0.15) is 24.8 Å². The van der Waals surface area contributed by atoms with E-state index in [1.165, 1.54) is 23.2 Å². The maximum absolute atomic E-state index is 5.84. The zero-order chi connectivity index (χ0) is 33.7. The van der Waals surface area contributed by atoms with Crippen LogP contribution in [0.25, 0.3) is 22.1 Å². The van der Waals surface area contributed by atoms with Crippen LogP contribution in [-0.2, 0) is 32.4 Å². The van der Waals surface area contributed by atoms with Crippen LogP contribution in [0.1, 0.15) is 14.9 Å². The normalized spacial score (nSPS) is 15.0. The Hall–Kier alpha value is -2.11. The van der Waals surface area contributed by atoms with Crippen molar-refractivity contribution in [1.82, 2.24) is 24.4 Å². The van der Waals surface area contributed by atoms with Crippen molar-refractivity contribution in [1.29, 1.82) is 0 Å². The number of nitrogens with one attached hydrogen (secondary N) is 1. The van der Waals surface area contributed by atoms with E-state index < -0.39 is 16.1 Å². The lowest BCUT2D eigenvalue weighted by molar-refractivity contribution is 0.0898. The molecule has 2 saturated heterocycles. The molecule has 0 aromatic carbocycles. The highest BCUT2D eigenvalue weighted by Crippen LogP contribution is 2.22. The van der Waals surface area contributed by atoms with Crippen LogP contribution in [0, 0.1) is 0 Å². The molecule has 0 atom stereocenters. The molecule has 0 aliphatic carbocycles. The van der Waals surface area contributed by atoms with Crippen LogP contribution in [0.4, 0.5) is 5.69 Å². The maximum Gasteiger partial charge on any atom is 0.141 e. The topological polar surface area (TPSA) is 87.8 Å². The molecule has 0 bridgehead atoms. The summed E-state index contributed by atoms with van der Waals surface area (Å²) < 4.78 is 27.1. The van der Waals surface area contributed by atoms with Gasteiger partial charge in [0.05, 0.1) is 38.3 Å². The number of anilines is 1. The van der Waals surface area contributed by atoms with Gasteiger partial charge in [-0.2, -0.15) is 0 Å². The van der Waals surface area contributed by atoms with Crippen molar-refractivity contribution in [2.75, 3.05) is 70.7 Å². The number of morpholine rings is 2. The van der Waals surface area contributed by atoms with E-state index in [1.54, 1.807) is 0 Å². The van der Waals surface area contributed by atoms with Gasteiger partial charge in [-0.1, -0.05) is 54.1 Å². The van der Waals surface area contributed by atoms with Gasteiger partial charge < -0.3 is 38.3 Å². The molecule has 0 spiro atoms. The molecule has 4 aromatic rings. The predicted octanol–water partition coefficient (Wildman–Crippen LogP) is 8.17. The molecule has 0 amide bonds. The van der Waals surface area contributed by atoms with E-state index >= 15 is 0 Å². The smallest absolute Gasteiger partial charge is 0.141 e. The van der Waals surface area contributed by atoms with Gasteiger partial charge in [0.2, 0.25) is 0 Å². The molecule has 4 aromatic heterocycles. The summed E-state index contributed by atoms with van der Waals surface area (Å²) in [7, 11) is -2.02. The third-order valence-electron chi connectivity index (χ3n) is 7.83. The van der Waals surface area contributed by atoms with Crippen molar-refractivity contribution < 1.29 is 18.9 Å².